The van der Waals surface area contributed by atoms with Crippen LogP contribution >= 0.6 is 0 Å². The van der Waals surface area contributed by atoms with E-state index >= 15 is 0 Å². The topological polar surface area (TPSA) is 6.48 Å². The first-order chi connectivity index (χ1) is 28.0. The lowest BCUT2D eigenvalue weighted by molar-refractivity contribution is 0.660. The molecule has 9 aromatic rings. The molecule has 0 aromatic heterocycles. The molecule has 0 radical (unpaired) electrons. The monoisotopic (exact) mass is 730 g/mol. The Hall–Kier alpha value is -7.16. The van der Waals surface area contributed by atoms with E-state index in [1.54, 1.807) is 0 Å². The van der Waals surface area contributed by atoms with Crippen molar-refractivity contribution in [3.63, 3.8) is 0 Å². The highest BCUT2D eigenvalue weighted by Gasteiger charge is 2.36. The summed E-state index contributed by atoms with van der Waals surface area (Å²) in [6.07, 6.45) is 0. The second kappa shape index (κ2) is 14.2. The van der Waals surface area contributed by atoms with E-state index in [4.69, 9.17) is 0 Å². The molecule has 2 nitrogen and oxygen atoms in total. The lowest BCUT2D eigenvalue weighted by atomic mass is 9.82. The molecule has 1 aliphatic carbocycles. The maximum atomic E-state index is 2.46. The Balaban J connectivity index is 1.11. The van der Waals surface area contributed by atoms with Crippen molar-refractivity contribution in [3.05, 3.63) is 230 Å². The van der Waals surface area contributed by atoms with Crippen LogP contribution in [0.5, 0.6) is 0 Å². The van der Waals surface area contributed by atoms with E-state index in [0.29, 0.717) is 0 Å². The smallest absolute Gasteiger partial charge is 0.0540 e. The van der Waals surface area contributed by atoms with Crippen molar-refractivity contribution < 1.29 is 0 Å². The Labute approximate surface area is 335 Å². The number of hydrogen-bond donors (Lipinski definition) is 0. The quantitative estimate of drug-likeness (QED) is 0.154. The normalized spacial score (nSPS) is 12.5. The van der Waals surface area contributed by atoms with Gasteiger partial charge in [-0.25, -0.2) is 0 Å². The van der Waals surface area contributed by atoms with E-state index in [0.717, 1.165) is 34.1 Å². The molecule has 0 amide bonds. The third kappa shape index (κ3) is 6.07. The Morgan fingerprint density at radius 1 is 0.298 bits per heavy atom. The van der Waals surface area contributed by atoms with Gasteiger partial charge in [-0.1, -0.05) is 166 Å². The summed E-state index contributed by atoms with van der Waals surface area (Å²) < 4.78 is 0. The van der Waals surface area contributed by atoms with Crippen LogP contribution in [0.1, 0.15) is 25.0 Å². The number of anilines is 6. The molecule has 0 unspecified atom stereocenters. The number of rotatable bonds is 8. The average Bonchev–Trinajstić information content (AvgIpc) is 3.50. The summed E-state index contributed by atoms with van der Waals surface area (Å²) in [5, 5.41) is 2.41. The first-order valence-electron chi connectivity index (χ1n) is 19.8. The van der Waals surface area contributed by atoms with E-state index in [9.17, 15) is 0 Å². The third-order valence-electron chi connectivity index (χ3n) is 11.6. The van der Waals surface area contributed by atoms with Crippen LogP contribution in [0, 0.1) is 0 Å². The molecular formula is C55H42N2. The predicted molar refractivity (Wildman–Crippen MR) is 242 cm³/mol. The molecule has 0 N–H and O–H groups in total. The van der Waals surface area contributed by atoms with Gasteiger partial charge in [-0.05, 0) is 117 Å². The minimum atomic E-state index is -0.117. The van der Waals surface area contributed by atoms with Crippen molar-refractivity contribution in [3.8, 4) is 33.4 Å². The third-order valence-corrected chi connectivity index (χ3v) is 11.6. The fourth-order valence-electron chi connectivity index (χ4n) is 8.84. The van der Waals surface area contributed by atoms with Crippen LogP contribution in [0.2, 0.25) is 0 Å². The van der Waals surface area contributed by atoms with Gasteiger partial charge >= 0.3 is 0 Å². The van der Waals surface area contributed by atoms with Crippen LogP contribution in [0.25, 0.3) is 44.2 Å². The highest BCUT2D eigenvalue weighted by molar-refractivity contribution is 6.06. The standard InChI is InChI=1S/C55H42N2/c1-55(2)52-28-15-14-26-49(52)50-34-33-46(38-53(50)55)57(45-24-16-19-41(37-45)39-17-6-3-7-18-39)54-36-35-47(48-25-12-13-27-51(48)54)40-29-31-44(32-30-40)56(42-20-8-4-9-21-42)43-22-10-5-11-23-43/h3-38H,1-2H3. The maximum absolute atomic E-state index is 2.46. The highest BCUT2D eigenvalue weighted by Crippen LogP contribution is 2.51. The van der Waals surface area contributed by atoms with Gasteiger partial charge in [-0.15, -0.1) is 0 Å². The van der Waals surface area contributed by atoms with E-state index in [2.05, 4.69) is 242 Å². The van der Waals surface area contributed by atoms with Gasteiger partial charge in [-0.2, -0.15) is 0 Å². The SMILES string of the molecule is CC1(C)c2ccccc2-c2ccc(N(c3cccc(-c4ccccc4)c3)c3ccc(-c4ccc(N(c5ccccc5)c5ccccc5)cc4)c4ccccc34)cc21. The van der Waals surface area contributed by atoms with Gasteiger partial charge in [0.05, 0.1) is 5.69 Å². The molecular weight excluding hydrogens is 689 g/mol. The number of fused-ring (bicyclic) bond motifs is 4. The van der Waals surface area contributed by atoms with E-state index in [-0.39, 0.29) is 5.41 Å². The zero-order chi connectivity index (χ0) is 38.3. The summed E-state index contributed by atoms with van der Waals surface area (Å²) in [7, 11) is 0. The molecule has 0 saturated heterocycles. The number of benzene rings is 9. The van der Waals surface area contributed by atoms with Gasteiger partial charge in [0, 0.05) is 39.2 Å². The summed E-state index contributed by atoms with van der Waals surface area (Å²) in [5.74, 6) is 0. The molecule has 0 spiro atoms. The summed E-state index contributed by atoms with van der Waals surface area (Å²) >= 11 is 0. The summed E-state index contributed by atoms with van der Waals surface area (Å²) in [6, 6.07) is 79.2. The molecule has 0 saturated carbocycles. The fourth-order valence-corrected chi connectivity index (χ4v) is 8.84. The molecule has 2 heteroatoms. The average molecular weight is 731 g/mol. The number of para-hydroxylation sites is 2. The maximum Gasteiger partial charge on any atom is 0.0540 e. The molecule has 57 heavy (non-hydrogen) atoms. The minimum absolute atomic E-state index is 0.117. The lowest BCUT2D eigenvalue weighted by Crippen LogP contribution is -2.16. The van der Waals surface area contributed by atoms with Crippen LogP contribution in [0.15, 0.2) is 218 Å². The Morgan fingerprint density at radius 2 is 0.807 bits per heavy atom. The number of hydrogen-bond acceptors (Lipinski definition) is 2. The Morgan fingerprint density at radius 3 is 1.53 bits per heavy atom. The van der Waals surface area contributed by atoms with Crippen LogP contribution in [0.3, 0.4) is 0 Å². The molecule has 0 aliphatic heterocycles. The van der Waals surface area contributed by atoms with Gasteiger partial charge < -0.3 is 9.80 Å². The van der Waals surface area contributed by atoms with E-state index in [1.165, 1.54) is 55.3 Å². The summed E-state index contributed by atoms with van der Waals surface area (Å²) in [6.45, 7) is 4.71. The zero-order valence-electron chi connectivity index (χ0n) is 32.2. The van der Waals surface area contributed by atoms with Gasteiger partial charge in [0.1, 0.15) is 0 Å². The molecule has 10 rings (SSSR count). The first kappa shape index (κ1) is 34.3. The van der Waals surface area contributed by atoms with E-state index < -0.39 is 0 Å². The van der Waals surface area contributed by atoms with Crippen LogP contribution in [-0.4, -0.2) is 0 Å². The van der Waals surface area contributed by atoms with Crippen LogP contribution in [0.4, 0.5) is 34.1 Å². The van der Waals surface area contributed by atoms with Gasteiger partial charge in [0.15, 0.2) is 0 Å². The molecule has 0 heterocycles. The summed E-state index contributed by atoms with van der Waals surface area (Å²) in [5.41, 5.74) is 16.8. The van der Waals surface area contributed by atoms with Crippen molar-refractivity contribution in [1.82, 2.24) is 0 Å². The van der Waals surface area contributed by atoms with Crippen molar-refractivity contribution >= 4 is 44.9 Å². The number of nitrogens with zero attached hydrogens (tertiary/aromatic N) is 2. The molecule has 0 atom stereocenters. The molecule has 0 fully saturated rings. The van der Waals surface area contributed by atoms with Crippen molar-refractivity contribution in [2.75, 3.05) is 9.80 Å². The van der Waals surface area contributed by atoms with Crippen molar-refractivity contribution in [2.45, 2.75) is 19.3 Å². The predicted octanol–water partition coefficient (Wildman–Crippen LogP) is 15.4. The molecule has 9 aromatic carbocycles. The molecule has 272 valence electrons. The largest absolute Gasteiger partial charge is 0.311 e. The highest BCUT2D eigenvalue weighted by atomic mass is 15.1. The van der Waals surface area contributed by atoms with Crippen LogP contribution in [-0.2, 0) is 5.41 Å². The van der Waals surface area contributed by atoms with Gasteiger partial charge in [-0.3, -0.25) is 0 Å². The summed E-state index contributed by atoms with van der Waals surface area (Å²) in [4.78, 5) is 4.77. The van der Waals surface area contributed by atoms with Crippen molar-refractivity contribution in [2.24, 2.45) is 0 Å². The first-order valence-corrected chi connectivity index (χ1v) is 19.8. The second-order valence-corrected chi connectivity index (χ2v) is 15.4. The molecule has 0 bridgehead atoms. The lowest BCUT2D eigenvalue weighted by Gasteiger charge is -2.30. The fraction of sp³-hybridized carbons (Fsp3) is 0.0545. The Bertz CT molecular complexity index is 2820. The van der Waals surface area contributed by atoms with Gasteiger partial charge in [0.2, 0.25) is 0 Å². The molecule has 1 aliphatic rings. The van der Waals surface area contributed by atoms with Crippen LogP contribution < -0.4 is 9.80 Å². The van der Waals surface area contributed by atoms with E-state index in [1.807, 2.05) is 0 Å². The minimum Gasteiger partial charge on any atom is -0.311 e. The second-order valence-electron chi connectivity index (χ2n) is 15.4. The van der Waals surface area contributed by atoms with Crippen molar-refractivity contribution in [1.29, 1.82) is 0 Å². The zero-order valence-corrected chi connectivity index (χ0v) is 32.2. The van der Waals surface area contributed by atoms with Gasteiger partial charge in [0.25, 0.3) is 0 Å². The Kier molecular flexibility index (Phi) is 8.53.